The van der Waals surface area contributed by atoms with Gasteiger partial charge in [-0.2, -0.15) is 5.26 Å². The molecule has 0 N–H and O–H groups in total. The maximum Gasteiger partial charge on any atom is 0.122 e. The summed E-state index contributed by atoms with van der Waals surface area (Å²) in [6.45, 7) is 0. The van der Waals surface area contributed by atoms with E-state index in [1.54, 1.807) is 11.8 Å². The Labute approximate surface area is 122 Å². The molecule has 2 heteroatoms. The summed E-state index contributed by atoms with van der Waals surface area (Å²) in [7, 11) is 0. The molecule has 3 rings (SSSR count). The largest absolute Gasteiger partial charge is 0.197 e. The van der Waals surface area contributed by atoms with Crippen LogP contribution in [0.25, 0.3) is 10.8 Å². The predicted molar refractivity (Wildman–Crippen MR) is 84.6 cm³/mol. The second-order valence-corrected chi connectivity index (χ2v) is 5.69. The SMILES string of the molecule is N#CC(Sc1ccccc1)c1cccc2ccccc12. The van der Waals surface area contributed by atoms with Gasteiger partial charge in [0, 0.05) is 4.90 Å². The van der Waals surface area contributed by atoms with Crippen molar-refractivity contribution in [3.63, 3.8) is 0 Å². The molecule has 3 aromatic rings. The highest BCUT2D eigenvalue weighted by atomic mass is 32.2. The lowest BCUT2D eigenvalue weighted by molar-refractivity contribution is 1.24. The quantitative estimate of drug-likeness (QED) is 0.614. The Morgan fingerprint density at radius 2 is 1.50 bits per heavy atom. The molecular weight excluding hydrogens is 262 g/mol. The fourth-order valence-electron chi connectivity index (χ4n) is 2.27. The van der Waals surface area contributed by atoms with Gasteiger partial charge in [-0.05, 0) is 28.5 Å². The minimum absolute atomic E-state index is 0.191. The van der Waals surface area contributed by atoms with Crippen LogP contribution in [-0.2, 0) is 0 Å². The molecule has 0 saturated heterocycles. The number of fused-ring (bicyclic) bond motifs is 1. The standard InChI is InChI=1S/C18H13NS/c19-13-18(20-15-9-2-1-3-10-15)17-12-6-8-14-7-4-5-11-16(14)17/h1-12,18H. The van der Waals surface area contributed by atoms with Gasteiger partial charge >= 0.3 is 0 Å². The van der Waals surface area contributed by atoms with Gasteiger partial charge < -0.3 is 0 Å². The number of thioether (sulfide) groups is 1. The Hall–Kier alpha value is -2.24. The van der Waals surface area contributed by atoms with Gasteiger partial charge in [-0.1, -0.05) is 60.7 Å². The van der Waals surface area contributed by atoms with E-state index in [-0.39, 0.29) is 5.25 Å². The molecule has 0 aliphatic carbocycles. The van der Waals surface area contributed by atoms with Crippen molar-refractivity contribution >= 4 is 22.5 Å². The van der Waals surface area contributed by atoms with Gasteiger partial charge in [-0.3, -0.25) is 0 Å². The Balaban J connectivity index is 2.02. The summed E-state index contributed by atoms with van der Waals surface area (Å²) in [6.07, 6.45) is 0. The summed E-state index contributed by atoms with van der Waals surface area (Å²) >= 11 is 1.60. The fraction of sp³-hybridized carbons (Fsp3) is 0.0556. The van der Waals surface area contributed by atoms with Crippen molar-refractivity contribution in [3.8, 4) is 6.07 Å². The first kappa shape index (κ1) is 12.8. The van der Waals surface area contributed by atoms with Gasteiger partial charge in [0.25, 0.3) is 0 Å². The number of nitrogens with zero attached hydrogens (tertiary/aromatic N) is 1. The summed E-state index contributed by atoms with van der Waals surface area (Å²) in [6, 6.07) is 26.9. The van der Waals surface area contributed by atoms with Crippen molar-refractivity contribution < 1.29 is 0 Å². The molecule has 0 aliphatic rings. The van der Waals surface area contributed by atoms with Crippen molar-refractivity contribution in [3.05, 3.63) is 78.4 Å². The van der Waals surface area contributed by atoms with Crippen LogP contribution in [0, 0.1) is 11.3 Å². The van der Waals surface area contributed by atoms with E-state index in [0.29, 0.717) is 0 Å². The van der Waals surface area contributed by atoms with Gasteiger partial charge in [-0.25, -0.2) is 0 Å². The Kier molecular flexibility index (Phi) is 3.71. The molecule has 0 aromatic heterocycles. The summed E-state index contributed by atoms with van der Waals surface area (Å²) in [4.78, 5) is 1.12. The van der Waals surface area contributed by atoms with E-state index in [1.165, 1.54) is 5.39 Å². The molecule has 96 valence electrons. The van der Waals surface area contributed by atoms with E-state index in [2.05, 4.69) is 24.3 Å². The highest BCUT2D eigenvalue weighted by molar-refractivity contribution is 7.99. The number of nitriles is 1. The van der Waals surface area contributed by atoms with E-state index in [9.17, 15) is 5.26 Å². The van der Waals surface area contributed by atoms with Gasteiger partial charge in [0.2, 0.25) is 0 Å². The first-order chi connectivity index (χ1) is 9.88. The number of benzene rings is 3. The van der Waals surface area contributed by atoms with Crippen molar-refractivity contribution in [2.45, 2.75) is 10.1 Å². The molecule has 0 bridgehead atoms. The lowest BCUT2D eigenvalue weighted by Crippen LogP contribution is -1.92. The smallest absolute Gasteiger partial charge is 0.122 e. The van der Waals surface area contributed by atoms with Crippen LogP contribution < -0.4 is 0 Å². The average molecular weight is 275 g/mol. The van der Waals surface area contributed by atoms with Gasteiger partial charge in [0.05, 0.1) is 6.07 Å². The average Bonchev–Trinajstić information content (AvgIpc) is 2.53. The minimum atomic E-state index is -0.191. The molecule has 3 aromatic carbocycles. The van der Waals surface area contributed by atoms with Gasteiger partial charge in [-0.15, -0.1) is 11.8 Å². The lowest BCUT2D eigenvalue weighted by atomic mass is 10.0. The lowest BCUT2D eigenvalue weighted by Gasteiger charge is -2.12. The van der Waals surface area contributed by atoms with Crippen molar-refractivity contribution in [1.82, 2.24) is 0 Å². The molecule has 0 fully saturated rings. The molecule has 0 radical (unpaired) electrons. The highest BCUT2D eigenvalue weighted by Crippen LogP contribution is 2.37. The predicted octanol–water partition coefficient (Wildman–Crippen LogP) is 5.20. The maximum atomic E-state index is 9.53. The third-order valence-electron chi connectivity index (χ3n) is 3.22. The summed E-state index contributed by atoms with van der Waals surface area (Å²) in [5.74, 6) is 0. The molecule has 1 nitrogen and oxygen atoms in total. The first-order valence-corrected chi connectivity index (χ1v) is 7.35. The summed E-state index contributed by atoms with van der Waals surface area (Å²) in [5, 5.41) is 11.7. The van der Waals surface area contributed by atoms with Crippen LogP contribution in [0.4, 0.5) is 0 Å². The van der Waals surface area contributed by atoms with Crippen LogP contribution in [-0.4, -0.2) is 0 Å². The number of hydrogen-bond donors (Lipinski definition) is 0. The van der Waals surface area contributed by atoms with E-state index in [1.807, 2.05) is 54.6 Å². The third-order valence-corrected chi connectivity index (χ3v) is 4.36. The zero-order valence-electron chi connectivity index (χ0n) is 10.9. The molecule has 0 spiro atoms. The Morgan fingerprint density at radius 3 is 2.30 bits per heavy atom. The maximum absolute atomic E-state index is 9.53. The normalized spacial score (nSPS) is 11.9. The van der Waals surface area contributed by atoms with Crippen molar-refractivity contribution in [1.29, 1.82) is 5.26 Å². The number of rotatable bonds is 3. The van der Waals surface area contributed by atoms with E-state index >= 15 is 0 Å². The van der Waals surface area contributed by atoms with Crippen LogP contribution in [0.1, 0.15) is 10.8 Å². The summed E-state index contributed by atoms with van der Waals surface area (Å²) in [5.41, 5.74) is 1.08. The topological polar surface area (TPSA) is 23.8 Å². The number of hydrogen-bond acceptors (Lipinski definition) is 2. The zero-order chi connectivity index (χ0) is 13.8. The van der Waals surface area contributed by atoms with Crippen LogP contribution in [0.3, 0.4) is 0 Å². The second kappa shape index (κ2) is 5.81. The molecule has 0 amide bonds. The molecule has 0 saturated carbocycles. The molecule has 0 aliphatic heterocycles. The second-order valence-electron chi connectivity index (χ2n) is 4.51. The Bertz CT molecular complexity index is 754. The summed E-state index contributed by atoms with van der Waals surface area (Å²) < 4.78 is 0. The highest BCUT2D eigenvalue weighted by Gasteiger charge is 2.14. The fourth-order valence-corrected chi connectivity index (χ4v) is 3.25. The van der Waals surface area contributed by atoms with Crippen molar-refractivity contribution in [2.24, 2.45) is 0 Å². The molecule has 1 atom stereocenters. The third kappa shape index (κ3) is 2.54. The molecule has 20 heavy (non-hydrogen) atoms. The van der Waals surface area contributed by atoms with Gasteiger partial charge in [0.1, 0.15) is 5.25 Å². The molecular formula is C18H13NS. The Morgan fingerprint density at radius 1 is 0.800 bits per heavy atom. The zero-order valence-corrected chi connectivity index (χ0v) is 11.7. The molecule has 1 unspecified atom stereocenters. The van der Waals surface area contributed by atoms with E-state index in [0.717, 1.165) is 15.8 Å². The van der Waals surface area contributed by atoms with E-state index in [4.69, 9.17) is 0 Å². The van der Waals surface area contributed by atoms with Crippen LogP contribution >= 0.6 is 11.8 Å². The van der Waals surface area contributed by atoms with Crippen molar-refractivity contribution in [2.75, 3.05) is 0 Å². The van der Waals surface area contributed by atoms with Gasteiger partial charge in [0.15, 0.2) is 0 Å². The minimum Gasteiger partial charge on any atom is -0.197 e. The molecule has 0 heterocycles. The van der Waals surface area contributed by atoms with E-state index < -0.39 is 0 Å². The van der Waals surface area contributed by atoms with Crippen LogP contribution in [0.2, 0.25) is 0 Å². The van der Waals surface area contributed by atoms with Crippen LogP contribution in [0.5, 0.6) is 0 Å². The monoisotopic (exact) mass is 275 g/mol. The first-order valence-electron chi connectivity index (χ1n) is 6.47. The van der Waals surface area contributed by atoms with Crippen LogP contribution in [0.15, 0.2) is 77.7 Å².